The van der Waals surface area contributed by atoms with Crippen molar-refractivity contribution in [3.8, 4) is 5.75 Å². The molecule has 1 heterocycles. The average Bonchev–Trinajstić information content (AvgIpc) is 3.31. The van der Waals surface area contributed by atoms with Crippen LogP contribution < -0.4 is 4.74 Å². The number of para-hydroxylation sites is 1. The molecule has 0 aliphatic heterocycles. The summed E-state index contributed by atoms with van der Waals surface area (Å²) in [6.07, 6.45) is 0. The van der Waals surface area contributed by atoms with Crippen LogP contribution in [-0.4, -0.2) is 27.0 Å². The van der Waals surface area contributed by atoms with Gasteiger partial charge in [-0.15, -0.1) is 5.10 Å². The summed E-state index contributed by atoms with van der Waals surface area (Å²) < 4.78 is 7.56. The molecule has 0 bridgehead atoms. The highest BCUT2D eigenvalue weighted by molar-refractivity contribution is 6.30. The average molecular weight is 471 g/mol. The Morgan fingerprint density at radius 1 is 0.912 bits per heavy atom. The highest BCUT2D eigenvalue weighted by atomic mass is 35.5. The van der Waals surface area contributed by atoms with Gasteiger partial charge >= 0.3 is 0 Å². The number of halogens is 1. The predicted octanol–water partition coefficient (Wildman–Crippen LogP) is 5.84. The lowest BCUT2D eigenvalue weighted by molar-refractivity contribution is -0.384. The predicted molar refractivity (Wildman–Crippen MR) is 130 cm³/mol. The molecule has 34 heavy (non-hydrogen) atoms. The van der Waals surface area contributed by atoms with Crippen molar-refractivity contribution in [2.45, 2.75) is 5.54 Å². The van der Waals surface area contributed by atoms with Crippen molar-refractivity contribution in [1.29, 1.82) is 0 Å². The molecule has 5 rings (SSSR count). The summed E-state index contributed by atoms with van der Waals surface area (Å²) in [6, 6.07) is 29.6. The van der Waals surface area contributed by atoms with Crippen molar-refractivity contribution in [3.05, 3.63) is 129 Å². The zero-order chi connectivity index (χ0) is 23.7. The number of nitro benzene ring substituents is 1. The molecule has 0 saturated heterocycles. The zero-order valence-electron chi connectivity index (χ0n) is 18.1. The summed E-state index contributed by atoms with van der Waals surface area (Å²) >= 11 is 6.25. The molecule has 0 N–H and O–H groups in total. The number of benzene rings is 4. The minimum absolute atomic E-state index is 0.0675. The Hall–Kier alpha value is -4.23. The van der Waals surface area contributed by atoms with E-state index in [-0.39, 0.29) is 5.69 Å². The smallest absolute Gasteiger partial charge is 0.273 e. The number of methoxy groups -OCH3 is 1. The fraction of sp³-hybridized carbons (Fsp3) is 0.0769. The molecule has 8 heteroatoms. The van der Waals surface area contributed by atoms with Gasteiger partial charge in [0.2, 0.25) is 0 Å². The van der Waals surface area contributed by atoms with Crippen LogP contribution in [0.5, 0.6) is 5.75 Å². The van der Waals surface area contributed by atoms with Crippen LogP contribution in [0.4, 0.5) is 5.69 Å². The first-order valence-corrected chi connectivity index (χ1v) is 10.9. The number of hydrogen-bond acceptors (Lipinski definition) is 5. The van der Waals surface area contributed by atoms with Gasteiger partial charge in [-0.05, 0) is 41.5 Å². The molecule has 7 nitrogen and oxygen atoms in total. The van der Waals surface area contributed by atoms with Gasteiger partial charge in [-0.1, -0.05) is 71.4 Å². The van der Waals surface area contributed by atoms with E-state index in [2.05, 4.69) is 10.3 Å². The Kier molecular flexibility index (Phi) is 5.47. The van der Waals surface area contributed by atoms with Crippen molar-refractivity contribution < 1.29 is 9.66 Å². The molecule has 0 radical (unpaired) electrons. The lowest BCUT2D eigenvalue weighted by Crippen LogP contribution is -2.39. The lowest BCUT2D eigenvalue weighted by Gasteiger charge is -2.37. The summed E-state index contributed by atoms with van der Waals surface area (Å²) in [5, 5.41) is 21.1. The number of aromatic nitrogens is 3. The molecule has 0 amide bonds. The third kappa shape index (κ3) is 3.38. The normalized spacial score (nSPS) is 12.9. The Labute approximate surface area is 200 Å². The van der Waals surface area contributed by atoms with Gasteiger partial charge in [0, 0.05) is 16.7 Å². The summed E-state index contributed by atoms with van der Waals surface area (Å²) in [4.78, 5) is 11.1. The standard InChI is InChI=1S/C26H19ClN4O3/c1-34-25-17-21(31(32)33)15-16-22(25)26(18-7-3-2-4-8-18,19-11-13-20(27)14-12-19)30-24-10-6-5-9-23(24)28-29-30/h2-17H,1H3. The molecule has 1 aromatic heterocycles. The Balaban J connectivity index is 1.97. The van der Waals surface area contributed by atoms with E-state index in [9.17, 15) is 10.1 Å². The van der Waals surface area contributed by atoms with Gasteiger partial charge in [-0.25, -0.2) is 4.68 Å². The fourth-order valence-electron chi connectivity index (χ4n) is 4.42. The molecule has 168 valence electrons. The second kappa shape index (κ2) is 8.61. The largest absolute Gasteiger partial charge is 0.496 e. The van der Waals surface area contributed by atoms with Gasteiger partial charge in [0.15, 0.2) is 0 Å². The van der Waals surface area contributed by atoms with Gasteiger partial charge in [-0.3, -0.25) is 10.1 Å². The topological polar surface area (TPSA) is 83.1 Å². The van der Waals surface area contributed by atoms with Crippen LogP contribution in [-0.2, 0) is 5.54 Å². The number of fused-ring (bicyclic) bond motifs is 1. The lowest BCUT2D eigenvalue weighted by atomic mass is 9.76. The zero-order valence-corrected chi connectivity index (χ0v) is 18.9. The van der Waals surface area contributed by atoms with Gasteiger partial charge < -0.3 is 4.74 Å². The van der Waals surface area contributed by atoms with Crippen molar-refractivity contribution in [1.82, 2.24) is 15.0 Å². The minimum Gasteiger partial charge on any atom is -0.496 e. The van der Waals surface area contributed by atoms with Crippen molar-refractivity contribution in [2.24, 2.45) is 0 Å². The molecule has 4 aromatic carbocycles. The summed E-state index contributed by atoms with van der Waals surface area (Å²) in [6.45, 7) is 0. The molecule has 1 unspecified atom stereocenters. The summed E-state index contributed by atoms with van der Waals surface area (Å²) in [5.74, 6) is 0.354. The molecular weight excluding hydrogens is 452 g/mol. The van der Waals surface area contributed by atoms with E-state index in [1.54, 1.807) is 6.07 Å². The number of hydrogen-bond donors (Lipinski definition) is 0. The SMILES string of the molecule is COc1cc([N+](=O)[O-])ccc1C(c1ccccc1)(c1ccc(Cl)cc1)n1nnc2ccccc21. The van der Waals surface area contributed by atoms with Crippen molar-refractivity contribution in [2.75, 3.05) is 7.11 Å². The third-order valence-electron chi connectivity index (χ3n) is 5.91. The van der Waals surface area contributed by atoms with E-state index in [1.165, 1.54) is 19.2 Å². The summed E-state index contributed by atoms with van der Waals surface area (Å²) in [7, 11) is 1.50. The maximum absolute atomic E-state index is 11.5. The van der Waals surface area contributed by atoms with Crippen LogP contribution in [0.15, 0.2) is 97.1 Å². The van der Waals surface area contributed by atoms with Crippen LogP contribution in [0.1, 0.15) is 16.7 Å². The first kappa shape index (κ1) is 21.6. The van der Waals surface area contributed by atoms with E-state index >= 15 is 0 Å². The number of non-ortho nitro benzene ring substituents is 1. The van der Waals surface area contributed by atoms with Gasteiger partial charge in [0.1, 0.15) is 16.8 Å². The highest BCUT2D eigenvalue weighted by Crippen LogP contribution is 2.46. The molecule has 0 fully saturated rings. The second-order valence-corrected chi connectivity index (χ2v) is 8.15. The van der Waals surface area contributed by atoms with Gasteiger partial charge in [0.05, 0.1) is 23.6 Å². The van der Waals surface area contributed by atoms with E-state index in [1.807, 2.05) is 83.5 Å². The molecule has 0 aliphatic rings. The first-order chi connectivity index (χ1) is 16.6. The van der Waals surface area contributed by atoms with Crippen LogP contribution in [0, 0.1) is 10.1 Å². The third-order valence-corrected chi connectivity index (χ3v) is 6.16. The van der Waals surface area contributed by atoms with Crippen LogP contribution >= 0.6 is 11.6 Å². The fourth-order valence-corrected chi connectivity index (χ4v) is 4.54. The molecule has 0 spiro atoms. The van der Waals surface area contributed by atoms with Gasteiger partial charge in [0.25, 0.3) is 5.69 Å². The van der Waals surface area contributed by atoms with Gasteiger partial charge in [-0.2, -0.15) is 0 Å². The van der Waals surface area contributed by atoms with E-state index in [0.29, 0.717) is 16.3 Å². The van der Waals surface area contributed by atoms with E-state index in [4.69, 9.17) is 16.3 Å². The highest BCUT2D eigenvalue weighted by Gasteiger charge is 2.43. The van der Waals surface area contributed by atoms with Crippen LogP contribution in [0.3, 0.4) is 0 Å². The molecular formula is C26H19ClN4O3. The monoisotopic (exact) mass is 470 g/mol. The number of rotatable bonds is 6. The summed E-state index contributed by atoms with van der Waals surface area (Å²) in [5.41, 5.74) is 2.76. The van der Waals surface area contributed by atoms with Crippen molar-refractivity contribution in [3.63, 3.8) is 0 Å². The van der Waals surface area contributed by atoms with E-state index < -0.39 is 10.5 Å². The quantitative estimate of drug-likeness (QED) is 0.177. The Morgan fingerprint density at radius 2 is 1.59 bits per heavy atom. The first-order valence-electron chi connectivity index (χ1n) is 10.5. The number of nitro groups is 1. The molecule has 5 aromatic rings. The van der Waals surface area contributed by atoms with E-state index in [0.717, 1.165) is 22.2 Å². The van der Waals surface area contributed by atoms with Crippen molar-refractivity contribution >= 4 is 28.3 Å². The van der Waals surface area contributed by atoms with Crippen LogP contribution in [0.25, 0.3) is 11.0 Å². The Bertz CT molecular complexity index is 1490. The molecule has 1 atom stereocenters. The number of ether oxygens (including phenoxy) is 1. The second-order valence-electron chi connectivity index (χ2n) is 7.71. The molecule has 0 saturated carbocycles. The molecule has 0 aliphatic carbocycles. The Morgan fingerprint density at radius 3 is 2.29 bits per heavy atom. The minimum atomic E-state index is -1.07. The van der Waals surface area contributed by atoms with Crippen LogP contribution in [0.2, 0.25) is 5.02 Å². The maximum Gasteiger partial charge on any atom is 0.273 e. The maximum atomic E-state index is 11.5. The number of nitrogens with zero attached hydrogens (tertiary/aromatic N) is 4.